The first-order chi connectivity index (χ1) is 9.21. The molecule has 0 aromatic heterocycles. The fourth-order valence-corrected chi connectivity index (χ4v) is 3.98. The van der Waals surface area contributed by atoms with Crippen LogP contribution in [-0.2, 0) is 4.79 Å². The number of carbonyl (C=O) groups excluding carboxylic acids is 1. The first-order valence-electron chi connectivity index (χ1n) is 8.50. The van der Waals surface area contributed by atoms with Gasteiger partial charge < -0.3 is 4.90 Å². The zero-order valence-electron chi connectivity index (χ0n) is 14.2. The van der Waals surface area contributed by atoms with Crippen molar-refractivity contribution in [3.05, 3.63) is 0 Å². The standard InChI is InChI=1S/C18H33NO/c1-14(2)16(20)19-10-8-18(9-11-19)12-15(13-18)6-7-17(3,4)5/h14-15H,6-13H2,1-5H3. The van der Waals surface area contributed by atoms with Crippen LogP contribution in [-0.4, -0.2) is 23.9 Å². The Morgan fingerprint density at radius 3 is 2.20 bits per heavy atom. The minimum atomic E-state index is 0.157. The topological polar surface area (TPSA) is 20.3 Å². The van der Waals surface area contributed by atoms with Crippen LogP contribution in [0.3, 0.4) is 0 Å². The molecule has 0 bridgehead atoms. The molecule has 2 rings (SSSR count). The maximum Gasteiger partial charge on any atom is 0.225 e. The summed E-state index contributed by atoms with van der Waals surface area (Å²) in [4.78, 5) is 14.1. The average Bonchev–Trinajstić information content (AvgIpc) is 2.32. The summed E-state index contributed by atoms with van der Waals surface area (Å²) in [5, 5.41) is 0. The van der Waals surface area contributed by atoms with Crippen molar-refractivity contribution in [2.45, 2.75) is 73.1 Å². The van der Waals surface area contributed by atoms with Crippen LogP contribution in [0.25, 0.3) is 0 Å². The van der Waals surface area contributed by atoms with Crippen molar-refractivity contribution in [1.29, 1.82) is 0 Å². The van der Waals surface area contributed by atoms with Crippen LogP contribution in [0, 0.1) is 22.7 Å². The molecule has 2 aliphatic rings. The molecule has 1 heterocycles. The van der Waals surface area contributed by atoms with Gasteiger partial charge in [-0.3, -0.25) is 4.79 Å². The molecule has 1 spiro atoms. The molecule has 0 N–H and O–H groups in total. The molecule has 116 valence electrons. The zero-order chi connectivity index (χ0) is 15.0. The number of carbonyl (C=O) groups is 1. The minimum Gasteiger partial charge on any atom is -0.342 e. The first-order valence-corrected chi connectivity index (χ1v) is 8.50. The van der Waals surface area contributed by atoms with Crippen LogP contribution < -0.4 is 0 Å². The highest BCUT2D eigenvalue weighted by Gasteiger charge is 2.46. The van der Waals surface area contributed by atoms with Gasteiger partial charge in [0.15, 0.2) is 0 Å². The van der Waals surface area contributed by atoms with Crippen LogP contribution in [0.1, 0.15) is 73.1 Å². The summed E-state index contributed by atoms with van der Waals surface area (Å²) < 4.78 is 0. The van der Waals surface area contributed by atoms with E-state index in [1.807, 2.05) is 13.8 Å². The maximum absolute atomic E-state index is 12.0. The van der Waals surface area contributed by atoms with E-state index in [-0.39, 0.29) is 5.92 Å². The Morgan fingerprint density at radius 1 is 1.20 bits per heavy atom. The third-order valence-electron chi connectivity index (χ3n) is 5.38. The maximum atomic E-state index is 12.0. The second-order valence-electron chi connectivity index (χ2n) is 8.85. The number of rotatable bonds is 3. The SMILES string of the molecule is CC(C)C(=O)N1CCC2(CC1)CC(CCC(C)(C)C)C2. The fourth-order valence-electron chi connectivity index (χ4n) is 3.98. The monoisotopic (exact) mass is 279 g/mol. The number of nitrogens with zero attached hydrogens (tertiary/aromatic N) is 1. The molecule has 0 unspecified atom stereocenters. The Bertz CT molecular complexity index is 337. The number of amides is 1. The highest BCUT2D eigenvalue weighted by atomic mass is 16.2. The van der Waals surface area contributed by atoms with E-state index in [1.165, 1.54) is 38.5 Å². The predicted molar refractivity (Wildman–Crippen MR) is 84.5 cm³/mol. The lowest BCUT2D eigenvalue weighted by Crippen LogP contribution is -2.49. The molecule has 1 amide bonds. The molecule has 0 radical (unpaired) electrons. The summed E-state index contributed by atoms with van der Waals surface area (Å²) in [6.45, 7) is 13.1. The van der Waals surface area contributed by atoms with E-state index in [2.05, 4.69) is 25.7 Å². The van der Waals surface area contributed by atoms with Gasteiger partial charge in [0.05, 0.1) is 0 Å². The van der Waals surface area contributed by atoms with E-state index in [1.54, 1.807) is 0 Å². The van der Waals surface area contributed by atoms with Crippen molar-refractivity contribution in [3.8, 4) is 0 Å². The van der Waals surface area contributed by atoms with Gasteiger partial charge >= 0.3 is 0 Å². The van der Waals surface area contributed by atoms with Crippen molar-refractivity contribution >= 4 is 5.91 Å². The average molecular weight is 279 g/mol. The van der Waals surface area contributed by atoms with Crippen LogP contribution >= 0.6 is 0 Å². The predicted octanol–water partition coefficient (Wildman–Crippen LogP) is 4.49. The lowest BCUT2D eigenvalue weighted by atomic mass is 9.56. The van der Waals surface area contributed by atoms with Crippen molar-refractivity contribution in [2.24, 2.45) is 22.7 Å². The van der Waals surface area contributed by atoms with E-state index in [0.29, 0.717) is 16.7 Å². The first kappa shape index (κ1) is 15.9. The summed E-state index contributed by atoms with van der Waals surface area (Å²) in [7, 11) is 0. The van der Waals surface area contributed by atoms with E-state index in [9.17, 15) is 4.79 Å². The van der Waals surface area contributed by atoms with Gasteiger partial charge in [-0.2, -0.15) is 0 Å². The van der Waals surface area contributed by atoms with Crippen molar-refractivity contribution in [2.75, 3.05) is 13.1 Å². The second-order valence-corrected chi connectivity index (χ2v) is 8.85. The molecule has 2 fully saturated rings. The Kier molecular flexibility index (Phi) is 4.51. The van der Waals surface area contributed by atoms with Gasteiger partial charge in [-0.1, -0.05) is 34.6 Å². The third-order valence-corrected chi connectivity index (χ3v) is 5.38. The van der Waals surface area contributed by atoms with Gasteiger partial charge in [0.2, 0.25) is 5.91 Å². The van der Waals surface area contributed by atoms with Crippen LogP contribution in [0.2, 0.25) is 0 Å². The molecule has 2 heteroatoms. The van der Waals surface area contributed by atoms with Crippen LogP contribution in [0.4, 0.5) is 0 Å². The molecule has 1 saturated heterocycles. The van der Waals surface area contributed by atoms with E-state index in [4.69, 9.17) is 0 Å². The number of likely N-dealkylation sites (tertiary alicyclic amines) is 1. The molecule has 0 atom stereocenters. The Morgan fingerprint density at radius 2 is 1.75 bits per heavy atom. The molecule has 20 heavy (non-hydrogen) atoms. The number of hydrogen-bond donors (Lipinski definition) is 0. The normalized spacial score (nSPS) is 23.2. The summed E-state index contributed by atoms with van der Waals surface area (Å²) >= 11 is 0. The second kappa shape index (κ2) is 5.69. The summed E-state index contributed by atoms with van der Waals surface area (Å²) in [6.07, 6.45) is 8.10. The smallest absolute Gasteiger partial charge is 0.225 e. The zero-order valence-corrected chi connectivity index (χ0v) is 14.2. The fraction of sp³-hybridized carbons (Fsp3) is 0.944. The van der Waals surface area contributed by atoms with Gasteiger partial charge in [-0.05, 0) is 55.3 Å². The molecule has 0 aromatic rings. The lowest BCUT2D eigenvalue weighted by Gasteiger charge is -2.53. The lowest BCUT2D eigenvalue weighted by molar-refractivity contribution is -0.138. The van der Waals surface area contributed by atoms with Crippen LogP contribution in [0.15, 0.2) is 0 Å². The highest BCUT2D eigenvalue weighted by molar-refractivity contribution is 5.78. The highest BCUT2D eigenvalue weighted by Crippen LogP contribution is 2.54. The largest absolute Gasteiger partial charge is 0.342 e. The summed E-state index contributed by atoms with van der Waals surface area (Å²) in [5.41, 5.74) is 1.09. The molecule has 2 nitrogen and oxygen atoms in total. The summed E-state index contributed by atoms with van der Waals surface area (Å²) in [5.74, 6) is 1.47. The molecule has 0 aromatic carbocycles. The molecule has 1 aliphatic carbocycles. The molecular formula is C18H33NO. The van der Waals surface area contributed by atoms with Gasteiger partial charge in [0, 0.05) is 19.0 Å². The third kappa shape index (κ3) is 3.77. The molecular weight excluding hydrogens is 246 g/mol. The van der Waals surface area contributed by atoms with Crippen molar-refractivity contribution in [1.82, 2.24) is 4.90 Å². The molecule has 1 saturated carbocycles. The van der Waals surface area contributed by atoms with E-state index < -0.39 is 0 Å². The van der Waals surface area contributed by atoms with Gasteiger partial charge in [0.25, 0.3) is 0 Å². The van der Waals surface area contributed by atoms with Gasteiger partial charge in [-0.25, -0.2) is 0 Å². The van der Waals surface area contributed by atoms with Gasteiger partial charge in [-0.15, -0.1) is 0 Å². The number of piperidine rings is 1. The number of hydrogen-bond acceptors (Lipinski definition) is 1. The Labute approximate surface area is 125 Å². The molecule has 1 aliphatic heterocycles. The Hall–Kier alpha value is -0.530. The van der Waals surface area contributed by atoms with Crippen molar-refractivity contribution in [3.63, 3.8) is 0 Å². The Balaban J connectivity index is 1.72. The minimum absolute atomic E-state index is 0.157. The van der Waals surface area contributed by atoms with Crippen LogP contribution in [0.5, 0.6) is 0 Å². The summed E-state index contributed by atoms with van der Waals surface area (Å²) in [6, 6.07) is 0. The van der Waals surface area contributed by atoms with E-state index in [0.717, 1.165) is 19.0 Å². The van der Waals surface area contributed by atoms with Gasteiger partial charge in [0.1, 0.15) is 0 Å². The van der Waals surface area contributed by atoms with Crippen molar-refractivity contribution < 1.29 is 4.79 Å². The quantitative estimate of drug-likeness (QED) is 0.745. The van der Waals surface area contributed by atoms with E-state index >= 15 is 0 Å².